The fourth-order valence-electron chi connectivity index (χ4n) is 3.15. The molecule has 3 atom stereocenters. The molecule has 3 heteroatoms. The first-order chi connectivity index (χ1) is 8.24. The van der Waals surface area contributed by atoms with Crippen molar-refractivity contribution in [3.8, 4) is 0 Å². The summed E-state index contributed by atoms with van der Waals surface area (Å²) in [5, 5.41) is 6.90. The van der Waals surface area contributed by atoms with Gasteiger partial charge in [0.05, 0.1) is 16.7 Å². The number of hydrogen-bond donors (Lipinski definition) is 1. The summed E-state index contributed by atoms with van der Waals surface area (Å²) in [5.74, 6) is 1.71. The first kappa shape index (κ1) is 13.0. The van der Waals surface area contributed by atoms with Crippen molar-refractivity contribution in [2.45, 2.75) is 52.0 Å². The van der Waals surface area contributed by atoms with Crippen LogP contribution in [-0.2, 0) is 0 Å². The smallest absolute Gasteiger partial charge is 0.0898 e. The van der Waals surface area contributed by atoms with Gasteiger partial charge in [-0.2, -0.15) is 0 Å². The Labute approximate surface area is 109 Å². The van der Waals surface area contributed by atoms with Crippen LogP contribution in [0, 0.1) is 18.8 Å². The Morgan fingerprint density at radius 1 is 1.53 bits per heavy atom. The molecule has 2 nitrogen and oxygen atoms in total. The van der Waals surface area contributed by atoms with Crippen molar-refractivity contribution in [2.75, 3.05) is 7.05 Å². The van der Waals surface area contributed by atoms with E-state index in [1.807, 2.05) is 0 Å². The van der Waals surface area contributed by atoms with Crippen LogP contribution in [0.5, 0.6) is 0 Å². The van der Waals surface area contributed by atoms with Crippen LogP contribution < -0.4 is 5.32 Å². The first-order valence-corrected chi connectivity index (χ1v) is 7.71. The third-order valence-corrected chi connectivity index (χ3v) is 4.93. The minimum Gasteiger partial charge on any atom is -0.311 e. The predicted octanol–water partition coefficient (Wildman–Crippen LogP) is 3.93. The minimum absolute atomic E-state index is 0.467. The first-order valence-electron chi connectivity index (χ1n) is 6.83. The number of aromatic nitrogens is 1. The van der Waals surface area contributed by atoms with Gasteiger partial charge >= 0.3 is 0 Å². The van der Waals surface area contributed by atoms with Crippen molar-refractivity contribution < 1.29 is 0 Å². The maximum Gasteiger partial charge on any atom is 0.0898 e. The third kappa shape index (κ3) is 3.08. The van der Waals surface area contributed by atoms with E-state index < -0.39 is 0 Å². The molecule has 17 heavy (non-hydrogen) atoms. The van der Waals surface area contributed by atoms with E-state index in [9.17, 15) is 0 Å². The summed E-state index contributed by atoms with van der Waals surface area (Å²) in [7, 11) is 2.08. The molecule has 1 aliphatic carbocycles. The van der Waals surface area contributed by atoms with Gasteiger partial charge in [0, 0.05) is 5.38 Å². The zero-order chi connectivity index (χ0) is 12.3. The van der Waals surface area contributed by atoms with Gasteiger partial charge in [-0.1, -0.05) is 26.2 Å². The summed E-state index contributed by atoms with van der Waals surface area (Å²) in [6.07, 6.45) is 6.89. The van der Waals surface area contributed by atoms with E-state index in [1.54, 1.807) is 11.3 Å². The molecule has 0 radical (unpaired) electrons. The number of nitrogens with zero attached hydrogens (tertiary/aromatic N) is 1. The van der Waals surface area contributed by atoms with Gasteiger partial charge in [-0.05, 0) is 38.6 Å². The largest absolute Gasteiger partial charge is 0.311 e. The van der Waals surface area contributed by atoms with Crippen LogP contribution in [0.1, 0.15) is 55.8 Å². The molecule has 1 N–H and O–H groups in total. The molecule has 0 saturated heterocycles. The van der Waals surface area contributed by atoms with Crippen LogP contribution in [-0.4, -0.2) is 12.0 Å². The van der Waals surface area contributed by atoms with Gasteiger partial charge < -0.3 is 5.32 Å². The summed E-state index contributed by atoms with van der Waals surface area (Å²) >= 11 is 1.77. The van der Waals surface area contributed by atoms with Gasteiger partial charge in [-0.25, -0.2) is 4.98 Å². The van der Waals surface area contributed by atoms with E-state index in [0.717, 1.165) is 11.8 Å². The zero-order valence-corrected chi connectivity index (χ0v) is 12.0. The Hall–Kier alpha value is -0.410. The maximum atomic E-state index is 4.66. The molecule has 1 fully saturated rings. The molecule has 0 amide bonds. The summed E-state index contributed by atoms with van der Waals surface area (Å²) < 4.78 is 0. The lowest BCUT2D eigenvalue weighted by Crippen LogP contribution is -2.29. The van der Waals surface area contributed by atoms with Gasteiger partial charge in [-0.15, -0.1) is 11.3 Å². The fraction of sp³-hybridized carbons (Fsp3) is 0.786. The second-order valence-electron chi connectivity index (χ2n) is 5.26. The normalized spacial score (nSPS) is 27.0. The fourth-order valence-corrected chi connectivity index (χ4v) is 3.80. The predicted molar refractivity (Wildman–Crippen MR) is 74.4 cm³/mol. The SMILES string of the molecule is CCC1CCCC(C(NC)c2csc(C)n2)C1. The van der Waals surface area contributed by atoms with Gasteiger partial charge in [0.15, 0.2) is 0 Å². The molecule has 0 bridgehead atoms. The average molecular weight is 252 g/mol. The quantitative estimate of drug-likeness (QED) is 0.878. The van der Waals surface area contributed by atoms with Crippen molar-refractivity contribution in [3.63, 3.8) is 0 Å². The average Bonchev–Trinajstić information content (AvgIpc) is 2.77. The molecular weight excluding hydrogens is 228 g/mol. The number of rotatable bonds is 4. The van der Waals surface area contributed by atoms with Gasteiger partial charge in [0.2, 0.25) is 0 Å². The molecule has 1 aromatic heterocycles. The van der Waals surface area contributed by atoms with E-state index in [1.165, 1.54) is 42.8 Å². The molecule has 3 unspecified atom stereocenters. The molecule has 96 valence electrons. The molecule has 0 aromatic carbocycles. The summed E-state index contributed by atoms with van der Waals surface area (Å²) in [6.45, 7) is 4.42. The standard InChI is InChI=1S/C14H24N2S/c1-4-11-6-5-7-12(8-11)14(15-3)13-9-17-10(2)16-13/h9,11-12,14-15H,4-8H2,1-3H3. The molecule has 0 spiro atoms. The highest BCUT2D eigenvalue weighted by Gasteiger charge is 2.28. The lowest BCUT2D eigenvalue weighted by Gasteiger charge is -2.33. The molecule has 1 aromatic rings. The summed E-state index contributed by atoms with van der Waals surface area (Å²) in [5.41, 5.74) is 1.26. The minimum atomic E-state index is 0.467. The lowest BCUT2D eigenvalue weighted by atomic mass is 9.76. The Kier molecular flexibility index (Phi) is 4.57. The van der Waals surface area contributed by atoms with Crippen LogP contribution in [0.4, 0.5) is 0 Å². The maximum absolute atomic E-state index is 4.66. The number of hydrogen-bond acceptors (Lipinski definition) is 3. The molecule has 2 rings (SSSR count). The second-order valence-corrected chi connectivity index (χ2v) is 6.32. The Morgan fingerprint density at radius 3 is 2.94 bits per heavy atom. The van der Waals surface area contributed by atoms with Crippen molar-refractivity contribution in [1.29, 1.82) is 0 Å². The van der Waals surface area contributed by atoms with Gasteiger partial charge in [0.25, 0.3) is 0 Å². The monoisotopic (exact) mass is 252 g/mol. The van der Waals surface area contributed by atoms with Crippen LogP contribution in [0.3, 0.4) is 0 Å². The van der Waals surface area contributed by atoms with Crippen molar-refractivity contribution >= 4 is 11.3 Å². The van der Waals surface area contributed by atoms with E-state index in [4.69, 9.17) is 0 Å². The zero-order valence-electron chi connectivity index (χ0n) is 11.2. The number of nitrogens with one attached hydrogen (secondary N) is 1. The van der Waals surface area contributed by atoms with E-state index in [-0.39, 0.29) is 0 Å². The molecule has 0 aliphatic heterocycles. The van der Waals surface area contributed by atoms with E-state index in [2.05, 4.69) is 36.6 Å². The molecule has 1 heterocycles. The van der Waals surface area contributed by atoms with Crippen LogP contribution >= 0.6 is 11.3 Å². The summed E-state index contributed by atoms with van der Waals surface area (Å²) in [6, 6.07) is 0.467. The van der Waals surface area contributed by atoms with Gasteiger partial charge in [-0.3, -0.25) is 0 Å². The summed E-state index contributed by atoms with van der Waals surface area (Å²) in [4.78, 5) is 4.66. The topological polar surface area (TPSA) is 24.9 Å². The Balaban J connectivity index is 2.07. The van der Waals surface area contributed by atoms with E-state index in [0.29, 0.717) is 6.04 Å². The third-order valence-electron chi connectivity index (χ3n) is 4.14. The van der Waals surface area contributed by atoms with Crippen LogP contribution in [0.2, 0.25) is 0 Å². The molecule has 1 aliphatic rings. The van der Waals surface area contributed by atoms with Crippen molar-refractivity contribution in [3.05, 3.63) is 16.1 Å². The Morgan fingerprint density at radius 2 is 2.35 bits per heavy atom. The van der Waals surface area contributed by atoms with Gasteiger partial charge in [0.1, 0.15) is 0 Å². The molecule has 1 saturated carbocycles. The van der Waals surface area contributed by atoms with Crippen molar-refractivity contribution in [1.82, 2.24) is 10.3 Å². The van der Waals surface area contributed by atoms with Crippen LogP contribution in [0.25, 0.3) is 0 Å². The lowest BCUT2D eigenvalue weighted by molar-refractivity contribution is 0.213. The highest BCUT2D eigenvalue weighted by molar-refractivity contribution is 7.09. The second kappa shape index (κ2) is 5.96. The highest BCUT2D eigenvalue weighted by Crippen LogP contribution is 2.38. The number of aryl methyl sites for hydroxylation is 1. The van der Waals surface area contributed by atoms with Crippen molar-refractivity contribution in [2.24, 2.45) is 11.8 Å². The van der Waals surface area contributed by atoms with Crippen LogP contribution in [0.15, 0.2) is 5.38 Å². The highest BCUT2D eigenvalue weighted by atomic mass is 32.1. The Bertz CT molecular complexity index is 348. The molecular formula is C14H24N2S. The number of thiazole rings is 1. The van der Waals surface area contributed by atoms with E-state index >= 15 is 0 Å².